The Labute approximate surface area is 311 Å². The van der Waals surface area contributed by atoms with Crippen molar-refractivity contribution in [1.82, 2.24) is 24.9 Å². The van der Waals surface area contributed by atoms with Gasteiger partial charge in [-0.1, -0.05) is 140 Å². The summed E-state index contributed by atoms with van der Waals surface area (Å²) in [5.41, 5.74) is 12.3. The Hall–Kier alpha value is -7.31. The number of benzene rings is 7. The van der Waals surface area contributed by atoms with Crippen molar-refractivity contribution in [3.63, 3.8) is 0 Å². The lowest BCUT2D eigenvalue weighted by Gasteiger charge is -2.40. The molecule has 0 atom stereocenters. The number of rotatable bonds is 4. The normalized spacial score (nSPS) is 13.1. The van der Waals surface area contributed by atoms with E-state index < -0.39 is 5.41 Å². The van der Waals surface area contributed by atoms with E-state index in [-0.39, 0.29) is 0 Å². The van der Waals surface area contributed by atoms with Crippen LogP contribution in [0.15, 0.2) is 176 Å². The highest BCUT2D eigenvalue weighted by atomic mass is 16.5. The van der Waals surface area contributed by atoms with E-state index in [0.29, 0.717) is 17.5 Å². The molecule has 6 heteroatoms. The minimum absolute atomic E-state index is 0.609. The summed E-state index contributed by atoms with van der Waals surface area (Å²) in [5.74, 6) is 3.52. The standard InChI is InChI=1S/C48H29N5O/c1-3-14-30(15-4-1)45-51-46(31-16-5-2-6-17-31)53-47(52-45)32-26-27-36-35(28-32)33-18-13-19-34(41-29-49-39-22-9-10-23-40(39)50-41)44(33)48(36)37-20-7-11-24-42(37)54-43-25-12-8-21-38(43)48/h1-29H. The molecule has 1 spiro atoms. The largest absolute Gasteiger partial charge is 0.457 e. The monoisotopic (exact) mass is 691 g/mol. The summed E-state index contributed by atoms with van der Waals surface area (Å²) in [6.07, 6.45) is 1.90. The van der Waals surface area contributed by atoms with Crippen molar-refractivity contribution in [3.8, 4) is 68.0 Å². The molecule has 0 saturated heterocycles. The minimum atomic E-state index is -0.706. The van der Waals surface area contributed by atoms with E-state index in [1.165, 1.54) is 0 Å². The molecule has 0 saturated carbocycles. The summed E-state index contributed by atoms with van der Waals surface area (Å²) in [7, 11) is 0. The Morgan fingerprint density at radius 2 is 0.944 bits per heavy atom. The molecule has 0 unspecified atom stereocenters. The van der Waals surface area contributed by atoms with Crippen LogP contribution >= 0.6 is 0 Å². The van der Waals surface area contributed by atoms with Crippen LogP contribution in [0.4, 0.5) is 0 Å². The van der Waals surface area contributed by atoms with Gasteiger partial charge in [0.15, 0.2) is 17.5 Å². The van der Waals surface area contributed by atoms with Gasteiger partial charge in [-0.2, -0.15) is 0 Å². The third-order valence-corrected chi connectivity index (χ3v) is 10.6. The minimum Gasteiger partial charge on any atom is -0.457 e. The van der Waals surface area contributed by atoms with Gasteiger partial charge < -0.3 is 4.74 Å². The third-order valence-electron chi connectivity index (χ3n) is 10.6. The number of ether oxygens (including phenoxy) is 1. The van der Waals surface area contributed by atoms with Crippen LogP contribution in [-0.4, -0.2) is 24.9 Å². The van der Waals surface area contributed by atoms with Crippen molar-refractivity contribution in [2.75, 3.05) is 0 Å². The molecule has 2 aliphatic rings. The van der Waals surface area contributed by atoms with E-state index in [2.05, 4.69) is 72.8 Å². The molecular formula is C48H29N5O. The van der Waals surface area contributed by atoms with Gasteiger partial charge in [0.2, 0.25) is 0 Å². The van der Waals surface area contributed by atoms with Gasteiger partial charge in [-0.3, -0.25) is 4.98 Å². The third kappa shape index (κ3) is 4.50. The van der Waals surface area contributed by atoms with Gasteiger partial charge in [-0.05, 0) is 52.6 Å². The number of para-hydroxylation sites is 4. The second kappa shape index (κ2) is 11.9. The molecule has 0 N–H and O–H groups in total. The molecule has 0 radical (unpaired) electrons. The molecule has 0 bridgehead atoms. The molecule has 252 valence electrons. The van der Waals surface area contributed by atoms with Crippen LogP contribution in [0, 0.1) is 0 Å². The van der Waals surface area contributed by atoms with Gasteiger partial charge >= 0.3 is 0 Å². The fraction of sp³-hybridized carbons (Fsp3) is 0.0208. The number of aromatic nitrogens is 5. The first-order valence-corrected chi connectivity index (χ1v) is 18.0. The zero-order chi connectivity index (χ0) is 35.6. The maximum absolute atomic E-state index is 6.65. The van der Waals surface area contributed by atoms with Crippen molar-refractivity contribution >= 4 is 11.0 Å². The molecule has 6 nitrogen and oxygen atoms in total. The van der Waals surface area contributed by atoms with Crippen LogP contribution in [0.2, 0.25) is 0 Å². The average molecular weight is 692 g/mol. The van der Waals surface area contributed by atoms with Crippen LogP contribution in [-0.2, 0) is 5.41 Å². The van der Waals surface area contributed by atoms with Gasteiger partial charge in [-0.15, -0.1) is 0 Å². The van der Waals surface area contributed by atoms with Crippen LogP contribution in [0.3, 0.4) is 0 Å². The molecule has 0 fully saturated rings. The topological polar surface area (TPSA) is 73.7 Å². The van der Waals surface area contributed by atoms with Gasteiger partial charge in [-0.25, -0.2) is 19.9 Å². The zero-order valence-electron chi connectivity index (χ0n) is 28.9. The summed E-state index contributed by atoms with van der Waals surface area (Å²) >= 11 is 0. The van der Waals surface area contributed by atoms with Gasteiger partial charge in [0.1, 0.15) is 11.5 Å². The van der Waals surface area contributed by atoms with Crippen LogP contribution in [0.25, 0.3) is 67.6 Å². The van der Waals surface area contributed by atoms with Crippen molar-refractivity contribution in [1.29, 1.82) is 0 Å². The number of hydrogen-bond acceptors (Lipinski definition) is 6. The molecule has 11 rings (SSSR count). The molecule has 1 aliphatic heterocycles. The molecular weight excluding hydrogens is 663 g/mol. The van der Waals surface area contributed by atoms with Crippen molar-refractivity contribution in [3.05, 3.63) is 198 Å². The lowest BCUT2D eigenvalue weighted by atomic mass is 9.65. The fourth-order valence-electron chi connectivity index (χ4n) is 8.34. The summed E-state index contributed by atoms with van der Waals surface area (Å²) in [6, 6.07) is 58.2. The Morgan fingerprint density at radius 1 is 0.389 bits per heavy atom. The second-order valence-corrected chi connectivity index (χ2v) is 13.6. The number of nitrogens with zero attached hydrogens (tertiary/aromatic N) is 5. The summed E-state index contributed by atoms with van der Waals surface area (Å²) in [4.78, 5) is 25.2. The molecule has 9 aromatic rings. The van der Waals surface area contributed by atoms with Crippen LogP contribution in [0.5, 0.6) is 11.5 Å². The van der Waals surface area contributed by atoms with E-state index in [0.717, 1.165) is 83.9 Å². The highest BCUT2D eigenvalue weighted by Crippen LogP contribution is 2.64. The molecule has 54 heavy (non-hydrogen) atoms. The first-order valence-electron chi connectivity index (χ1n) is 18.0. The summed E-state index contributed by atoms with van der Waals surface area (Å²) in [5, 5.41) is 0. The highest BCUT2D eigenvalue weighted by molar-refractivity contribution is 5.95. The predicted molar refractivity (Wildman–Crippen MR) is 212 cm³/mol. The van der Waals surface area contributed by atoms with E-state index >= 15 is 0 Å². The summed E-state index contributed by atoms with van der Waals surface area (Å²) < 4.78 is 6.65. The van der Waals surface area contributed by atoms with Crippen LogP contribution in [0.1, 0.15) is 22.3 Å². The summed E-state index contributed by atoms with van der Waals surface area (Å²) in [6.45, 7) is 0. The number of hydrogen-bond donors (Lipinski definition) is 0. The Bertz CT molecular complexity index is 2820. The van der Waals surface area contributed by atoms with E-state index in [1.807, 2.05) is 103 Å². The molecule has 0 amide bonds. The average Bonchev–Trinajstić information content (AvgIpc) is 3.54. The zero-order valence-corrected chi connectivity index (χ0v) is 28.9. The van der Waals surface area contributed by atoms with E-state index in [9.17, 15) is 0 Å². The number of fused-ring (bicyclic) bond motifs is 10. The van der Waals surface area contributed by atoms with Gasteiger partial charge in [0.05, 0.1) is 28.3 Å². The smallest absolute Gasteiger partial charge is 0.164 e. The lowest BCUT2D eigenvalue weighted by molar-refractivity contribution is 0.436. The SMILES string of the molecule is c1ccc(-c2nc(-c3ccccc3)nc(-c3ccc4c(c3)-c3cccc(-c5cnc6ccccc6n5)c3C43c4ccccc4Oc4ccccc43)n2)cc1. The van der Waals surface area contributed by atoms with Crippen molar-refractivity contribution in [2.24, 2.45) is 0 Å². The van der Waals surface area contributed by atoms with E-state index in [4.69, 9.17) is 29.7 Å². The van der Waals surface area contributed by atoms with Crippen LogP contribution < -0.4 is 4.74 Å². The van der Waals surface area contributed by atoms with E-state index in [1.54, 1.807) is 0 Å². The lowest BCUT2D eigenvalue weighted by Crippen LogP contribution is -2.32. The molecule has 7 aromatic carbocycles. The van der Waals surface area contributed by atoms with Gasteiger partial charge in [0, 0.05) is 33.4 Å². The van der Waals surface area contributed by atoms with Crippen molar-refractivity contribution < 1.29 is 4.74 Å². The second-order valence-electron chi connectivity index (χ2n) is 13.6. The fourth-order valence-corrected chi connectivity index (χ4v) is 8.34. The van der Waals surface area contributed by atoms with Crippen molar-refractivity contribution in [2.45, 2.75) is 5.41 Å². The first-order chi connectivity index (χ1) is 26.8. The maximum atomic E-state index is 6.65. The highest BCUT2D eigenvalue weighted by Gasteiger charge is 2.52. The Balaban J connectivity index is 1.21. The predicted octanol–water partition coefficient (Wildman–Crippen LogP) is 11.0. The van der Waals surface area contributed by atoms with Gasteiger partial charge in [0.25, 0.3) is 0 Å². The quantitative estimate of drug-likeness (QED) is 0.183. The Kier molecular flexibility index (Phi) is 6.67. The molecule has 2 aromatic heterocycles. The Morgan fingerprint density at radius 3 is 1.61 bits per heavy atom. The molecule has 3 heterocycles. The first kappa shape index (κ1) is 30.3. The molecule has 1 aliphatic carbocycles. The maximum Gasteiger partial charge on any atom is 0.164 e.